The number of fused-ring (bicyclic) bond motifs is 1. The second kappa shape index (κ2) is 9.61. The number of nitrogens with one attached hydrogen (secondary N) is 1. The fourth-order valence-electron chi connectivity index (χ4n) is 5.14. The molecule has 6 rings (SSSR count). The Morgan fingerprint density at radius 1 is 0.778 bits per heavy atom. The summed E-state index contributed by atoms with van der Waals surface area (Å²) in [4.78, 5) is 9.26. The van der Waals surface area contributed by atoms with Gasteiger partial charge in [0.1, 0.15) is 5.84 Å². The number of benzene rings is 3. The number of amidine groups is 1. The van der Waals surface area contributed by atoms with E-state index in [1.165, 1.54) is 17.5 Å². The highest BCUT2D eigenvalue weighted by Crippen LogP contribution is 2.43. The number of aliphatic imine (C=N–C) groups is 1. The predicted octanol–water partition coefficient (Wildman–Crippen LogP) is 7.24. The zero-order valence-corrected chi connectivity index (χ0v) is 21.5. The Morgan fingerprint density at radius 3 is 2.25 bits per heavy atom. The molecule has 2 heterocycles. The first-order valence-corrected chi connectivity index (χ1v) is 12.9. The van der Waals surface area contributed by atoms with E-state index in [0.29, 0.717) is 15.9 Å². The van der Waals surface area contributed by atoms with E-state index in [9.17, 15) is 0 Å². The Kier molecular flexibility index (Phi) is 6.16. The summed E-state index contributed by atoms with van der Waals surface area (Å²) in [5, 5.41) is 4.57. The molecule has 0 atom stereocenters. The first-order chi connectivity index (χ1) is 17.6. The molecule has 36 heavy (non-hydrogen) atoms. The summed E-state index contributed by atoms with van der Waals surface area (Å²) in [6.45, 7) is 1.57. The molecule has 1 aliphatic heterocycles. The molecule has 0 fully saturated rings. The molecular weight excluding hydrogens is 489 g/mol. The smallest absolute Gasteiger partial charge is 0.224 e. The van der Waals surface area contributed by atoms with Crippen LogP contribution in [-0.4, -0.2) is 31.0 Å². The molecule has 6 heteroatoms. The maximum Gasteiger partial charge on any atom is 0.224 e. The van der Waals surface area contributed by atoms with Gasteiger partial charge in [0.15, 0.2) is 0 Å². The molecule has 0 spiro atoms. The van der Waals surface area contributed by atoms with Gasteiger partial charge in [0.05, 0.1) is 35.0 Å². The van der Waals surface area contributed by atoms with Crippen LogP contribution in [-0.2, 0) is 12.8 Å². The summed E-state index contributed by atoms with van der Waals surface area (Å²) in [6.07, 6.45) is 3.52. The summed E-state index contributed by atoms with van der Waals surface area (Å²) < 4.78 is 5.59. The molecule has 0 bridgehead atoms. The zero-order chi connectivity index (χ0) is 24.6. The molecule has 180 valence electrons. The lowest BCUT2D eigenvalue weighted by atomic mass is 9.95. The largest absolute Gasteiger partial charge is 0.480 e. The summed E-state index contributed by atoms with van der Waals surface area (Å²) in [6, 6.07) is 22.7. The number of aryl methyl sites for hydroxylation is 2. The van der Waals surface area contributed by atoms with Gasteiger partial charge in [-0.15, -0.1) is 0 Å². The molecule has 4 aromatic rings. The molecule has 1 aromatic heterocycles. The van der Waals surface area contributed by atoms with Crippen molar-refractivity contribution < 1.29 is 4.74 Å². The summed E-state index contributed by atoms with van der Waals surface area (Å²) in [5.41, 5.74) is 9.19. The Morgan fingerprint density at radius 2 is 1.50 bits per heavy atom. The SMILES string of the molecule is COc1nc(-c2cccc(-c3cccc(-c4ccc5c(c4)CCC5)c3Cl)c2Cl)ccc1C1=NCCN1. The summed E-state index contributed by atoms with van der Waals surface area (Å²) in [7, 11) is 1.62. The molecule has 0 saturated heterocycles. The maximum atomic E-state index is 7.03. The molecule has 0 amide bonds. The fraction of sp³-hybridized carbons (Fsp3) is 0.200. The number of rotatable bonds is 5. The van der Waals surface area contributed by atoms with Crippen LogP contribution in [0.3, 0.4) is 0 Å². The molecule has 1 aliphatic carbocycles. The Hall–Kier alpha value is -3.34. The van der Waals surface area contributed by atoms with Crippen molar-refractivity contribution >= 4 is 29.0 Å². The minimum atomic E-state index is 0.513. The highest BCUT2D eigenvalue weighted by atomic mass is 35.5. The second-order valence-electron chi connectivity index (χ2n) is 9.08. The lowest BCUT2D eigenvalue weighted by molar-refractivity contribution is 0.397. The molecule has 4 nitrogen and oxygen atoms in total. The van der Waals surface area contributed by atoms with Crippen LogP contribution < -0.4 is 10.1 Å². The van der Waals surface area contributed by atoms with Crippen LogP contribution in [0, 0.1) is 0 Å². The van der Waals surface area contributed by atoms with Crippen LogP contribution >= 0.6 is 23.2 Å². The number of halogens is 2. The van der Waals surface area contributed by atoms with Crippen molar-refractivity contribution in [2.75, 3.05) is 20.2 Å². The normalized spacial score (nSPS) is 14.4. The van der Waals surface area contributed by atoms with Crippen LogP contribution in [0.15, 0.2) is 71.7 Å². The van der Waals surface area contributed by atoms with Crippen molar-refractivity contribution in [3.8, 4) is 39.4 Å². The second-order valence-corrected chi connectivity index (χ2v) is 9.84. The first kappa shape index (κ1) is 23.1. The van der Waals surface area contributed by atoms with E-state index in [1.54, 1.807) is 7.11 Å². The standard InChI is InChI=1S/C30H25Cl2N3O/c1-36-30-25(29-33-15-16-34-29)13-14-26(35-30)24-10-4-9-23(28(24)32)22-8-3-7-21(27(22)31)20-12-11-18-5-2-6-19(18)17-20/h3-4,7-14,17H,2,5-6,15-16H2,1H3,(H,33,34). The Labute approximate surface area is 221 Å². The first-order valence-electron chi connectivity index (χ1n) is 12.2. The van der Waals surface area contributed by atoms with Gasteiger partial charge in [0.2, 0.25) is 5.88 Å². The highest BCUT2D eigenvalue weighted by Gasteiger charge is 2.20. The number of nitrogens with zero attached hydrogens (tertiary/aromatic N) is 2. The van der Waals surface area contributed by atoms with E-state index >= 15 is 0 Å². The van der Waals surface area contributed by atoms with Crippen molar-refractivity contribution in [2.45, 2.75) is 19.3 Å². The number of ether oxygens (including phenoxy) is 1. The fourth-order valence-corrected chi connectivity index (χ4v) is 5.81. The minimum absolute atomic E-state index is 0.513. The van der Waals surface area contributed by atoms with Crippen molar-refractivity contribution in [1.82, 2.24) is 10.3 Å². The average molecular weight is 514 g/mol. The molecule has 0 radical (unpaired) electrons. The average Bonchev–Trinajstić information content (AvgIpc) is 3.61. The van der Waals surface area contributed by atoms with Gasteiger partial charge in [-0.25, -0.2) is 4.98 Å². The monoisotopic (exact) mass is 513 g/mol. The highest BCUT2D eigenvalue weighted by molar-refractivity contribution is 6.39. The molecule has 2 aliphatic rings. The van der Waals surface area contributed by atoms with Crippen LogP contribution in [0.5, 0.6) is 5.88 Å². The van der Waals surface area contributed by atoms with Gasteiger partial charge in [-0.3, -0.25) is 4.99 Å². The van der Waals surface area contributed by atoms with Crippen LogP contribution in [0.4, 0.5) is 0 Å². The van der Waals surface area contributed by atoms with E-state index in [4.69, 9.17) is 32.9 Å². The Bertz CT molecular complexity index is 1510. The van der Waals surface area contributed by atoms with Crippen LogP contribution in [0.2, 0.25) is 10.0 Å². The third kappa shape index (κ3) is 4.04. The molecule has 1 N–H and O–H groups in total. The Balaban J connectivity index is 1.41. The van der Waals surface area contributed by atoms with Gasteiger partial charge in [-0.05, 0) is 48.1 Å². The van der Waals surface area contributed by atoms with E-state index in [2.05, 4.69) is 34.6 Å². The third-order valence-electron chi connectivity index (χ3n) is 6.96. The molecule has 0 saturated carbocycles. The van der Waals surface area contributed by atoms with Gasteiger partial charge in [-0.2, -0.15) is 0 Å². The summed E-state index contributed by atoms with van der Waals surface area (Å²) >= 11 is 14.0. The van der Waals surface area contributed by atoms with Gasteiger partial charge >= 0.3 is 0 Å². The van der Waals surface area contributed by atoms with Crippen molar-refractivity contribution in [2.24, 2.45) is 4.99 Å². The summed E-state index contributed by atoms with van der Waals surface area (Å²) in [5.74, 6) is 1.32. The number of hydrogen-bond acceptors (Lipinski definition) is 4. The van der Waals surface area contributed by atoms with Crippen LogP contribution in [0.25, 0.3) is 33.5 Å². The van der Waals surface area contributed by atoms with Crippen molar-refractivity contribution in [1.29, 1.82) is 0 Å². The van der Waals surface area contributed by atoms with Crippen molar-refractivity contribution in [3.63, 3.8) is 0 Å². The number of hydrogen-bond donors (Lipinski definition) is 1. The van der Waals surface area contributed by atoms with Gasteiger partial charge in [0.25, 0.3) is 0 Å². The molecule has 0 unspecified atom stereocenters. The van der Waals surface area contributed by atoms with Gasteiger partial charge < -0.3 is 10.1 Å². The van der Waals surface area contributed by atoms with Gasteiger partial charge in [0, 0.05) is 28.8 Å². The maximum absolute atomic E-state index is 7.03. The molecular formula is C30H25Cl2N3O. The number of aromatic nitrogens is 1. The lowest BCUT2D eigenvalue weighted by Gasteiger charge is -2.15. The lowest BCUT2D eigenvalue weighted by Crippen LogP contribution is -2.20. The van der Waals surface area contributed by atoms with Crippen molar-refractivity contribution in [3.05, 3.63) is 93.5 Å². The van der Waals surface area contributed by atoms with E-state index in [1.807, 2.05) is 42.5 Å². The van der Waals surface area contributed by atoms with E-state index in [-0.39, 0.29) is 0 Å². The van der Waals surface area contributed by atoms with Crippen LogP contribution in [0.1, 0.15) is 23.1 Å². The van der Waals surface area contributed by atoms with Gasteiger partial charge in [-0.1, -0.05) is 77.8 Å². The number of methoxy groups -OCH3 is 1. The minimum Gasteiger partial charge on any atom is -0.480 e. The van der Waals surface area contributed by atoms with E-state index in [0.717, 1.165) is 70.8 Å². The third-order valence-corrected chi connectivity index (χ3v) is 7.77. The van der Waals surface area contributed by atoms with E-state index < -0.39 is 0 Å². The molecule has 3 aromatic carbocycles. The quantitative estimate of drug-likeness (QED) is 0.306. The zero-order valence-electron chi connectivity index (χ0n) is 19.9. The topological polar surface area (TPSA) is 46.5 Å². The number of pyridine rings is 1. The predicted molar refractivity (Wildman–Crippen MR) is 149 cm³/mol.